The number of likely N-dealkylation sites (tertiary alicyclic amines) is 1. The Morgan fingerprint density at radius 1 is 1.50 bits per heavy atom. The van der Waals surface area contributed by atoms with E-state index in [0.717, 1.165) is 42.6 Å². The molecule has 1 amide bonds. The number of carbonyl (C=O) groups is 1. The van der Waals surface area contributed by atoms with Crippen LogP contribution in [0.25, 0.3) is 0 Å². The van der Waals surface area contributed by atoms with Crippen molar-refractivity contribution in [3.8, 4) is 0 Å². The summed E-state index contributed by atoms with van der Waals surface area (Å²) in [5.74, 6) is 0.899. The molecule has 1 aliphatic heterocycles. The van der Waals surface area contributed by atoms with Crippen LogP contribution in [0.2, 0.25) is 0 Å². The van der Waals surface area contributed by atoms with Crippen molar-refractivity contribution < 1.29 is 18.0 Å². The molecular weight excluding hydrogens is 367 g/mol. The van der Waals surface area contributed by atoms with Crippen LogP contribution in [0.15, 0.2) is 10.4 Å². The van der Waals surface area contributed by atoms with Crippen molar-refractivity contribution in [1.82, 2.24) is 20.1 Å². The molecule has 1 unspecified atom stereocenters. The maximum Gasteiger partial charge on any atom is 0.434 e. The van der Waals surface area contributed by atoms with Gasteiger partial charge in [-0.2, -0.15) is 13.2 Å². The van der Waals surface area contributed by atoms with Gasteiger partial charge in [-0.3, -0.25) is 4.79 Å². The van der Waals surface area contributed by atoms with Crippen LogP contribution in [0.5, 0.6) is 0 Å². The van der Waals surface area contributed by atoms with Crippen LogP contribution in [-0.2, 0) is 17.5 Å². The maximum absolute atomic E-state index is 12.7. The zero-order valence-corrected chi connectivity index (χ0v) is 16.0. The van der Waals surface area contributed by atoms with E-state index in [1.165, 1.54) is 4.90 Å². The van der Waals surface area contributed by atoms with Gasteiger partial charge in [-0.15, -0.1) is 11.3 Å². The van der Waals surface area contributed by atoms with Gasteiger partial charge in [0.1, 0.15) is 11.6 Å². The number of alkyl halides is 3. The summed E-state index contributed by atoms with van der Waals surface area (Å²) in [6, 6.07) is 0. The summed E-state index contributed by atoms with van der Waals surface area (Å²) in [6.45, 7) is 3.88. The highest BCUT2D eigenvalue weighted by Crippen LogP contribution is 2.29. The minimum atomic E-state index is -4.44. The normalized spacial score (nSPS) is 18.8. The lowest BCUT2D eigenvalue weighted by atomic mass is 10.0. The number of rotatable bonds is 4. The van der Waals surface area contributed by atoms with Crippen LogP contribution in [0, 0.1) is 5.92 Å². The van der Waals surface area contributed by atoms with E-state index in [-0.39, 0.29) is 19.0 Å². The quantitative estimate of drug-likeness (QED) is 0.633. The molecule has 1 aromatic rings. The highest BCUT2D eigenvalue weighted by Gasteiger charge is 2.33. The molecule has 0 spiro atoms. The number of nitrogens with zero attached hydrogens (tertiary/aromatic N) is 4. The second-order valence-electron chi connectivity index (χ2n) is 6.60. The molecule has 1 N–H and O–H groups in total. The number of thiazole rings is 1. The SMILES string of the molecule is CC1CCCN(C(=NCC(=O)N(C)C)NCc2nc(C(F)(F)F)cs2)C1. The van der Waals surface area contributed by atoms with Gasteiger partial charge in [-0.25, -0.2) is 9.98 Å². The summed E-state index contributed by atoms with van der Waals surface area (Å²) in [5, 5.41) is 4.41. The zero-order chi connectivity index (χ0) is 19.3. The van der Waals surface area contributed by atoms with Crippen LogP contribution >= 0.6 is 11.3 Å². The molecule has 0 aromatic carbocycles. The van der Waals surface area contributed by atoms with E-state index in [0.29, 0.717) is 16.9 Å². The highest BCUT2D eigenvalue weighted by atomic mass is 32.1. The summed E-state index contributed by atoms with van der Waals surface area (Å²) in [6.07, 6.45) is -2.30. The second-order valence-corrected chi connectivity index (χ2v) is 7.54. The van der Waals surface area contributed by atoms with Crippen LogP contribution < -0.4 is 5.32 Å². The average molecular weight is 391 g/mol. The smallest absolute Gasteiger partial charge is 0.350 e. The molecule has 0 aliphatic carbocycles. The number of amides is 1. The molecule has 0 radical (unpaired) electrons. The first-order valence-electron chi connectivity index (χ1n) is 8.42. The second kappa shape index (κ2) is 8.70. The van der Waals surface area contributed by atoms with E-state index in [2.05, 4.69) is 27.1 Å². The van der Waals surface area contributed by atoms with Crippen molar-refractivity contribution in [2.45, 2.75) is 32.5 Å². The zero-order valence-electron chi connectivity index (χ0n) is 15.1. The number of likely N-dealkylation sites (N-methyl/N-ethyl adjacent to an activating group) is 1. The van der Waals surface area contributed by atoms with Gasteiger partial charge in [-0.1, -0.05) is 6.92 Å². The number of aliphatic imine (C=N–C) groups is 1. The Labute approximate surface area is 155 Å². The Morgan fingerprint density at radius 2 is 2.23 bits per heavy atom. The first-order chi connectivity index (χ1) is 12.2. The van der Waals surface area contributed by atoms with Crippen molar-refractivity contribution in [3.63, 3.8) is 0 Å². The Bertz CT molecular complexity index is 644. The topological polar surface area (TPSA) is 60.8 Å². The predicted octanol–water partition coefficient (Wildman–Crippen LogP) is 2.43. The van der Waals surface area contributed by atoms with Crippen molar-refractivity contribution in [1.29, 1.82) is 0 Å². The average Bonchev–Trinajstić information content (AvgIpc) is 3.03. The molecule has 1 aliphatic rings. The van der Waals surface area contributed by atoms with E-state index < -0.39 is 11.9 Å². The first-order valence-corrected chi connectivity index (χ1v) is 9.29. The third kappa shape index (κ3) is 5.86. The molecule has 1 saturated heterocycles. The Morgan fingerprint density at radius 3 is 2.81 bits per heavy atom. The number of halogens is 3. The van der Waals surface area contributed by atoms with Gasteiger partial charge in [0.2, 0.25) is 5.91 Å². The van der Waals surface area contributed by atoms with Crippen LogP contribution in [0.3, 0.4) is 0 Å². The summed E-state index contributed by atoms with van der Waals surface area (Å²) in [5.41, 5.74) is -0.882. The molecule has 26 heavy (non-hydrogen) atoms. The lowest BCUT2D eigenvalue weighted by molar-refractivity contribution is -0.140. The highest BCUT2D eigenvalue weighted by molar-refractivity contribution is 7.09. The molecular formula is C16H24F3N5OS. The Hall–Kier alpha value is -1.84. The maximum atomic E-state index is 12.7. The van der Waals surface area contributed by atoms with Gasteiger partial charge >= 0.3 is 6.18 Å². The van der Waals surface area contributed by atoms with Gasteiger partial charge < -0.3 is 15.1 Å². The number of piperidine rings is 1. The van der Waals surface area contributed by atoms with Crippen LogP contribution in [0.4, 0.5) is 13.2 Å². The number of nitrogens with one attached hydrogen (secondary N) is 1. The lowest BCUT2D eigenvalue weighted by Gasteiger charge is -2.33. The molecule has 2 rings (SSSR count). The fourth-order valence-corrected chi connectivity index (χ4v) is 3.35. The Balaban J connectivity index is 2.06. The summed E-state index contributed by atoms with van der Waals surface area (Å²) in [7, 11) is 3.31. The minimum absolute atomic E-state index is 0.00805. The minimum Gasteiger partial charge on any atom is -0.350 e. The molecule has 146 valence electrons. The predicted molar refractivity (Wildman–Crippen MR) is 94.9 cm³/mol. The monoisotopic (exact) mass is 391 g/mol. The summed E-state index contributed by atoms with van der Waals surface area (Å²) >= 11 is 0.953. The van der Waals surface area contributed by atoms with E-state index in [1.54, 1.807) is 14.1 Å². The van der Waals surface area contributed by atoms with Crippen LogP contribution in [-0.4, -0.2) is 60.4 Å². The van der Waals surface area contributed by atoms with E-state index in [9.17, 15) is 18.0 Å². The fourth-order valence-electron chi connectivity index (χ4n) is 2.61. The number of carbonyl (C=O) groups excluding carboxylic acids is 1. The Kier molecular flexibility index (Phi) is 6.85. The third-order valence-electron chi connectivity index (χ3n) is 4.06. The van der Waals surface area contributed by atoms with E-state index in [4.69, 9.17) is 0 Å². The molecule has 1 atom stereocenters. The van der Waals surface area contributed by atoms with Gasteiger partial charge in [0.05, 0.1) is 6.54 Å². The number of aromatic nitrogens is 1. The van der Waals surface area contributed by atoms with Crippen LogP contribution in [0.1, 0.15) is 30.5 Å². The van der Waals surface area contributed by atoms with Gasteiger partial charge in [0.25, 0.3) is 0 Å². The molecule has 2 heterocycles. The van der Waals surface area contributed by atoms with E-state index in [1.807, 2.05) is 0 Å². The number of hydrogen-bond acceptors (Lipinski definition) is 4. The van der Waals surface area contributed by atoms with Crippen molar-refractivity contribution in [3.05, 3.63) is 16.1 Å². The molecule has 6 nitrogen and oxygen atoms in total. The molecule has 0 bridgehead atoms. The number of hydrogen-bond donors (Lipinski definition) is 1. The molecule has 0 saturated carbocycles. The van der Waals surface area contributed by atoms with Crippen molar-refractivity contribution >= 4 is 23.2 Å². The molecule has 1 fully saturated rings. The first kappa shape index (κ1) is 20.5. The summed E-state index contributed by atoms with van der Waals surface area (Å²) < 4.78 is 38.0. The van der Waals surface area contributed by atoms with Gasteiger partial charge in [0.15, 0.2) is 11.7 Å². The standard InChI is InChI=1S/C16H24F3N5OS/c1-11-5-4-6-24(9-11)15(21-8-14(25)23(2)3)20-7-13-22-12(10-26-13)16(17,18)19/h10-11H,4-9H2,1-3H3,(H,20,21). The van der Waals surface area contributed by atoms with Gasteiger partial charge in [-0.05, 0) is 18.8 Å². The third-order valence-corrected chi connectivity index (χ3v) is 4.91. The van der Waals surface area contributed by atoms with Gasteiger partial charge in [0, 0.05) is 32.6 Å². The van der Waals surface area contributed by atoms with E-state index >= 15 is 0 Å². The largest absolute Gasteiger partial charge is 0.434 e. The van der Waals surface area contributed by atoms with Crippen molar-refractivity contribution in [2.75, 3.05) is 33.7 Å². The molecule has 1 aromatic heterocycles. The number of guanidine groups is 1. The van der Waals surface area contributed by atoms with Crippen molar-refractivity contribution in [2.24, 2.45) is 10.9 Å². The molecule has 10 heteroatoms. The summed E-state index contributed by atoms with van der Waals surface area (Å²) in [4.78, 5) is 23.3. The lowest BCUT2D eigenvalue weighted by Crippen LogP contribution is -2.46. The fraction of sp³-hybridized carbons (Fsp3) is 0.688.